The summed E-state index contributed by atoms with van der Waals surface area (Å²) in [5.74, 6) is -0.117. The van der Waals surface area contributed by atoms with Crippen LogP contribution in [0.5, 0.6) is 0 Å². The Labute approximate surface area is 148 Å². The molecule has 0 fully saturated rings. The molecule has 24 heavy (non-hydrogen) atoms. The zero-order chi connectivity index (χ0) is 17.5. The molecule has 3 nitrogen and oxygen atoms in total. The maximum absolute atomic E-state index is 12.4. The first-order chi connectivity index (χ1) is 11.5. The molecule has 0 aliphatic carbocycles. The summed E-state index contributed by atoms with van der Waals surface area (Å²) in [6, 6.07) is 13.7. The third-order valence-electron chi connectivity index (χ3n) is 3.00. The van der Waals surface area contributed by atoms with Crippen molar-refractivity contribution in [2.75, 3.05) is 0 Å². The molecule has 5 heteroatoms. The monoisotopic (exact) mass is 354 g/mol. The van der Waals surface area contributed by atoms with Crippen LogP contribution >= 0.6 is 23.5 Å². The van der Waals surface area contributed by atoms with Crippen molar-refractivity contribution in [3.63, 3.8) is 0 Å². The Balaban J connectivity index is 2.10. The lowest BCUT2D eigenvalue weighted by atomic mass is 10.0. The van der Waals surface area contributed by atoms with E-state index in [2.05, 4.69) is 13.2 Å². The van der Waals surface area contributed by atoms with Crippen LogP contribution in [0.4, 0.5) is 0 Å². The minimum absolute atomic E-state index is 0.117. The summed E-state index contributed by atoms with van der Waals surface area (Å²) < 4.78 is 0. The molecule has 2 aromatic carbocycles. The summed E-state index contributed by atoms with van der Waals surface area (Å²) in [4.78, 5) is 36.6. The lowest BCUT2D eigenvalue weighted by Crippen LogP contribution is -2.01. The molecule has 0 saturated carbocycles. The van der Waals surface area contributed by atoms with Crippen molar-refractivity contribution in [1.82, 2.24) is 0 Å². The van der Waals surface area contributed by atoms with E-state index in [0.29, 0.717) is 11.1 Å². The minimum Gasteiger partial charge on any atom is -0.289 e. The van der Waals surface area contributed by atoms with Gasteiger partial charge in [-0.15, -0.1) is 0 Å². The zero-order valence-electron chi connectivity index (χ0n) is 12.7. The van der Waals surface area contributed by atoms with Crippen LogP contribution in [0, 0.1) is 0 Å². The van der Waals surface area contributed by atoms with Gasteiger partial charge in [-0.3, -0.25) is 14.4 Å². The van der Waals surface area contributed by atoms with Crippen molar-refractivity contribution in [3.05, 3.63) is 85.0 Å². The Hall–Kier alpha value is -2.37. The molecule has 2 aromatic rings. The minimum atomic E-state index is -0.142. The molecule has 0 saturated heterocycles. The second kappa shape index (κ2) is 8.47. The van der Waals surface area contributed by atoms with Crippen molar-refractivity contribution in [2.45, 2.75) is 9.79 Å². The maximum Gasteiger partial charge on any atom is 0.216 e. The van der Waals surface area contributed by atoms with Crippen molar-refractivity contribution >= 4 is 39.5 Å². The van der Waals surface area contributed by atoms with Gasteiger partial charge < -0.3 is 0 Å². The van der Waals surface area contributed by atoms with Gasteiger partial charge in [0.05, 0.1) is 0 Å². The molecule has 0 bridgehead atoms. The van der Waals surface area contributed by atoms with Gasteiger partial charge in [-0.2, -0.15) is 0 Å². The molecular formula is C19H14O3S2. The summed E-state index contributed by atoms with van der Waals surface area (Å²) in [5, 5.41) is -0.285. The van der Waals surface area contributed by atoms with Crippen LogP contribution in [0.2, 0.25) is 0 Å². The Bertz CT molecular complexity index is 723. The van der Waals surface area contributed by atoms with E-state index >= 15 is 0 Å². The Morgan fingerprint density at radius 3 is 1.29 bits per heavy atom. The van der Waals surface area contributed by atoms with Crippen LogP contribution in [-0.2, 0) is 9.59 Å². The van der Waals surface area contributed by atoms with Crippen molar-refractivity contribution in [2.24, 2.45) is 0 Å². The fourth-order valence-electron chi connectivity index (χ4n) is 1.83. The van der Waals surface area contributed by atoms with Crippen LogP contribution in [0.1, 0.15) is 15.9 Å². The molecule has 0 amide bonds. The second-order valence-corrected chi connectivity index (χ2v) is 6.78. The quantitative estimate of drug-likeness (QED) is 0.433. The van der Waals surface area contributed by atoms with Crippen LogP contribution < -0.4 is 0 Å². The molecule has 0 atom stereocenters. The summed E-state index contributed by atoms with van der Waals surface area (Å²) in [5.41, 5.74) is 1.07. The van der Waals surface area contributed by atoms with Gasteiger partial charge in [0.1, 0.15) is 0 Å². The van der Waals surface area contributed by atoms with Crippen LogP contribution in [0.25, 0.3) is 0 Å². The first-order valence-corrected chi connectivity index (χ1v) is 8.60. The van der Waals surface area contributed by atoms with Gasteiger partial charge in [0.2, 0.25) is 10.2 Å². The molecule has 0 aliphatic rings. The summed E-state index contributed by atoms with van der Waals surface area (Å²) >= 11 is 2.12. The molecule has 0 aliphatic heterocycles. The summed E-state index contributed by atoms with van der Waals surface area (Å²) in [6.45, 7) is 6.84. The lowest BCUT2D eigenvalue weighted by molar-refractivity contribution is -0.107. The van der Waals surface area contributed by atoms with Gasteiger partial charge in [0.25, 0.3) is 0 Å². The zero-order valence-corrected chi connectivity index (χ0v) is 14.4. The fourth-order valence-corrected chi connectivity index (χ4v) is 3.01. The fraction of sp³-hybridized carbons (Fsp3) is 0. The van der Waals surface area contributed by atoms with Gasteiger partial charge in [0.15, 0.2) is 5.78 Å². The molecule has 0 unspecified atom stereocenters. The number of carbonyl (C=O) groups is 3. The standard InChI is InChI=1S/C19H14O3S2/c1-3-17(20)23-15-9-5-13(6-10-15)19(22)14-7-11-16(12-8-14)24-18(21)4-2/h3-12H,1-2H2. The first-order valence-electron chi connectivity index (χ1n) is 6.97. The van der Waals surface area contributed by atoms with Crippen molar-refractivity contribution in [3.8, 4) is 0 Å². The molecule has 0 N–H and O–H groups in total. The van der Waals surface area contributed by atoms with E-state index in [4.69, 9.17) is 0 Å². The lowest BCUT2D eigenvalue weighted by Gasteiger charge is -2.04. The average molecular weight is 354 g/mol. The van der Waals surface area contributed by atoms with Crippen LogP contribution in [0.3, 0.4) is 0 Å². The van der Waals surface area contributed by atoms with E-state index in [9.17, 15) is 14.4 Å². The van der Waals surface area contributed by atoms with Crippen molar-refractivity contribution in [1.29, 1.82) is 0 Å². The van der Waals surface area contributed by atoms with Gasteiger partial charge >= 0.3 is 0 Å². The molecule has 0 radical (unpaired) electrons. The predicted molar refractivity (Wildman–Crippen MR) is 98.4 cm³/mol. The molecule has 120 valence electrons. The van der Waals surface area contributed by atoms with E-state index in [0.717, 1.165) is 33.3 Å². The van der Waals surface area contributed by atoms with Crippen molar-refractivity contribution < 1.29 is 14.4 Å². The Morgan fingerprint density at radius 1 is 0.667 bits per heavy atom. The van der Waals surface area contributed by atoms with Crippen LogP contribution in [-0.4, -0.2) is 16.0 Å². The normalized spacial score (nSPS) is 10.0. The smallest absolute Gasteiger partial charge is 0.216 e. The third-order valence-corrected chi connectivity index (χ3v) is 4.75. The van der Waals surface area contributed by atoms with Crippen LogP contribution in [0.15, 0.2) is 83.6 Å². The van der Waals surface area contributed by atoms with Gasteiger partial charge in [-0.25, -0.2) is 0 Å². The molecular weight excluding hydrogens is 340 g/mol. The second-order valence-electron chi connectivity index (χ2n) is 4.63. The topological polar surface area (TPSA) is 51.2 Å². The number of thioether (sulfide) groups is 2. The molecule has 0 heterocycles. The number of hydrogen-bond donors (Lipinski definition) is 0. The number of ketones is 1. The van der Waals surface area contributed by atoms with Gasteiger partial charge in [-0.05, 0) is 84.2 Å². The van der Waals surface area contributed by atoms with E-state index in [-0.39, 0.29) is 16.0 Å². The highest BCUT2D eigenvalue weighted by molar-refractivity contribution is 8.14. The summed E-state index contributed by atoms with van der Waals surface area (Å²) in [7, 11) is 0. The van der Waals surface area contributed by atoms with E-state index in [1.165, 1.54) is 12.2 Å². The number of hydrogen-bond acceptors (Lipinski definition) is 5. The largest absolute Gasteiger partial charge is 0.289 e. The number of carbonyl (C=O) groups excluding carboxylic acids is 3. The predicted octanol–water partition coefficient (Wildman–Crippen LogP) is 4.53. The SMILES string of the molecule is C=CC(=O)Sc1ccc(C(=O)c2ccc(SC(=O)C=C)cc2)cc1. The Morgan fingerprint density at radius 2 is 1.00 bits per heavy atom. The van der Waals surface area contributed by atoms with E-state index in [1.54, 1.807) is 48.5 Å². The number of benzene rings is 2. The average Bonchev–Trinajstić information content (AvgIpc) is 2.62. The third kappa shape index (κ3) is 4.81. The molecule has 2 rings (SSSR count). The molecule has 0 spiro atoms. The van der Waals surface area contributed by atoms with E-state index < -0.39 is 0 Å². The number of rotatable bonds is 6. The highest BCUT2D eigenvalue weighted by Gasteiger charge is 2.10. The summed E-state index contributed by atoms with van der Waals surface area (Å²) in [6.07, 6.45) is 2.50. The maximum atomic E-state index is 12.4. The Kier molecular flexibility index (Phi) is 6.35. The highest BCUT2D eigenvalue weighted by atomic mass is 32.2. The highest BCUT2D eigenvalue weighted by Crippen LogP contribution is 2.23. The molecule has 0 aromatic heterocycles. The van der Waals surface area contributed by atoms with Gasteiger partial charge in [-0.1, -0.05) is 13.2 Å². The first kappa shape index (κ1) is 18.0. The van der Waals surface area contributed by atoms with Gasteiger partial charge in [0, 0.05) is 20.9 Å². The van der Waals surface area contributed by atoms with E-state index in [1.807, 2.05) is 0 Å².